The van der Waals surface area contributed by atoms with Crippen molar-refractivity contribution in [2.45, 2.75) is 19.1 Å². The molecule has 1 aliphatic heterocycles. The first-order valence-electron chi connectivity index (χ1n) is 8.49. The molecule has 1 heterocycles. The molecular formula is C20H25NO3. The number of nitrogens with zero attached hydrogens (tertiary/aromatic N) is 1. The highest BCUT2D eigenvalue weighted by atomic mass is 16.6. The molecule has 4 heteroatoms. The van der Waals surface area contributed by atoms with E-state index in [1.807, 2.05) is 30.3 Å². The third-order valence-corrected chi connectivity index (χ3v) is 4.29. The molecule has 0 bridgehead atoms. The van der Waals surface area contributed by atoms with Gasteiger partial charge in [0.05, 0.1) is 13.2 Å². The van der Waals surface area contributed by atoms with Crippen LogP contribution >= 0.6 is 0 Å². The van der Waals surface area contributed by atoms with Gasteiger partial charge in [-0.15, -0.1) is 0 Å². The molecule has 2 aliphatic carbocycles. The molecule has 1 fully saturated rings. The van der Waals surface area contributed by atoms with Gasteiger partial charge in [-0.1, -0.05) is 42.5 Å². The highest BCUT2D eigenvalue weighted by Crippen LogP contribution is 2.19. The van der Waals surface area contributed by atoms with Gasteiger partial charge in [0.2, 0.25) is 5.79 Å². The first-order chi connectivity index (χ1) is 11.6. The molecule has 1 N–H and O–H groups in total. The van der Waals surface area contributed by atoms with Gasteiger partial charge in [0.15, 0.2) is 0 Å². The van der Waals surface area contributed by atoms with Crippen molar-refractivity contribution in [3.8, 4) is 5.75 Å². The van der Waals surface area contributed by atoms with Crippen LogP contribution in [0.2, 0.25) is 0 Å². The molecule has 1 aromatic carbocycles. The van der Waals surface area contributed by atoms with Crippen LogP contribution in [0.4, 0.5) is 0 Å². The van der Waals surface area contributed by atoms with Crippen molar-refractivity contribution in [3.63, 3.8) is 0 Å². The number of aliphatic hydroxyl groups is 1. The fraction of sp³-hybridized carbons (Fsp3) is 0.400. The molecule has 1 unspecified atom stereocenters. The second-order valence-corrected chi connectivity index (χ2v) is 6.37. The average molecular weight is 327 g/mol. The van der Waals surface area contributed by atoms with Crippen LogP contribution in [0.5, 0.6) is 5.75 Å². The van der Waals surface area contributed by atoms with Gasteiger partial charge in [-0.2, -0.15) is 0 Å². The van der Waals surface area contributed by atoms with E-state index in [-0.39, 0.29) is 0 Å². The van der Waals surface area contributed by atoms with Gasteiger partial charge in [0, 0.05) is 33.0 Å². The predicted molar refractivity (Wildman–Crippen MR) is 93.7 cm³/mol. The van der Waals surface area contributed by atoms with E-state index in [1.54, 1.807) is 6.92 Å². The highest BCUT2D eigenvalue weighted by Gasteiger charge is 2.24. The molecule has 24 heavy (non-hydrogen) atoms. The Balaban J connectivity index is 0.000000231. The van der Waals surface area contributed by atoms with Crippen molar-refractivity contribution in [3.05, 3.63) is 65.0 Å². The first-order valence-corrected chi connectivity index (χ1v) is 8.49. The standard InChI is InChI=1S/C14H21NO3.C6H4/c1-14(16,18-13-5-3-2-4-6-13)7-8-15-9-11-17-12-10-15;1-2-6-4-3-5(1)6/h2-6,16H,7-12H2,1H3;1-4H. The van der Waals surface area contributed by atoms with Crippen molar-refractivity contribution in [1.29, 1.82) is 0 Å². The summed E-state index contributed by atoms with van der Waals surface area (Å²) in [4.78, 5) is 2.28. The number of benzene rings is 2. The van der Waals surface area contributed by atoms with E-state index in [0.29, 0.717) is 12.2 Å². The summed E-state index contributed by atoms with van der Waals surface area (Å²) in [6, 6.07) is 17.9. The number of para-hydroxylation sites is 1. The summed E-state index contributed by atoms with van der Waals surface area (Å²) >= 11 is 0. The number of rotatable bonds is 5. The second kappa shape index (κ2) is 7.79. The Bertz CT molecular complexity index is 674. The van der Waals surface area contributed by atoms with Gasteiger partial charge >= 0.3 is 0 Å². The van der Waals surface area contributed by atoms with Crippen LogP contribution in [-0.4, -0.2) is 48.6 Å². The van der Waals surface area contributed by atoms with Gasteiger partial charge in [-0.25, -0.2) is 0 Å². The summed E-state index contributed by atoms with van der Waals surface area (Å²) in [5.74, 6) is -0.427. The maximum atomic E-state index is 10.2. The number of morpholine rings is 1. The normalized spacial score (nSPS) is 18.1. The molecule has 128 valence electrons. The van der Waals surface area contributed by atoms with Crippen LogP contribution in [0.1, 0.15) is 13.3 Å². The quantitative estimate of drug-likeness (QED) is 0.732. The zero-order chi connectivity index (χ0) is 16.8. The zero-order valence-corrected chi connectivity index (χ0v) is 14.1. The van der Waals surface area contributed by atoms with E-state index in [0.717, 1.165) is 32.8 Å². The molecule has 0 saturated carbocycles. The van der Waals surface area contributed by atoms with Crippen molar-refractivity contribution in [1.82, 2.24) is 4.90 Å². The molecule has 1 aromatic rings. The van der Waals surface area contributed by atoms with Crippen LogP contribution < -0.4 is 4.74 Å². The molecule has 0 aromatic heterocycles. The molecule has 0 spiro atoms. The summed E-state index contributed by atoms with van der Waals surface area (Å²) in [6.07, 6.45) is 0.585. The van der Waals surface area contributed by atoms with E-state index < -0.39 is 5.79 Å². The molecule has 4 nitrogen and oxygen atoms in total. The molecule has 1 atom stereocenters. The fourth-order valence-corrected chi connectivity index (χ4v) is 2.65. The van der Waals surface area contributed by atoms with E-state index in [9.17, 15) is 5.11 Å². The molecule has 3 aliphatic rings. The van der Waals surface area contributed by atoms with Gasteiger partial charge in [0.25, 0.3) is 0 Å². The summed E-state index contributed by atoms with van der Waals surface area (Å²) in [5.41, 5.74) is 0. The Labute approximate surface area is 142 Å². The Morgan fingerprint density at radius 2 is 1.58 bits per heavy atom. The topological polar surface area (TPSA) is 41.9 Å². The summed E-state index contributed by atoms with van der Waals surface area (Å²) in [7, 11) is 0. The Kier molecular flexibility index (Phi) is 5.51. The van der Waals surface area contributed by atoms with Gasteiger partial charge in [0.1, 0.15) is 5.75 Å². The second-order valence-electron chi connectivity index (χ2n) is 6.37. The van der Waals surface area contributed by atoms with Crippen LogP contribution in [0.3, 0.4) is 0 Å². The molecule has 0 amide bonds. The highest BCUT2D eigenvalue weighted by molar-refractivity contribution is 5.22. The predicted octanol–water partition coefficient (Wildman–Crippen LogP) is 2.78. The van der Waals surface area contributed by atoms with Crippen molar-refractivity contribution in [2.24, 2.45) is 0 Å². The molecule has 4 rings (SSSR count). The Hall–Kier alpha value is -1.88. The molecular weight excluding hydrogens is 302 g/mol. The van der Waals surface area contributed by atoms with Crippen LogP contribution in [0.25, 0.3) is 0 Å². The lowest BCUT2D eigenvalue weighted by atomic mass is 10.1. The van der Waals surface area contributed by atoms with Gasteiger partial charge < -0.3 is 14.6 Å². The number of hydrogen-bond acceptors (Lipinski definition) is 4. The summed E-state index contributed by atoms with van der Waals surface area (Å²) < 4.78 is 10.9. The average Bonchev–Trinajstić information content (AvgIpc) is 2.58. The van der Waals surface area contributed by atoms with Crippen LogP contribution in [0.15, 0.2) is 54.6 Å². The smallest absolute Gasteiger partial charge is 0.206 e. The lowest BCUT2D eigenvalue weighted by molar-refractivity contribution is -0.132. The summed E-state index contributed by atoms with van der Waals surface area (Å²) in [5, 5.41) is 13.1. The fourth-order valence-electron chi connectivity index (χ4n) is 2.65. The van der Waals surface area contributed by atoms with Crippen molar-refractivity contribution < 1.29 is 14.6 Å². The summed E-state index contributed by atoms with van der Waals surface area (Å²) in [6.45, 7) is 5.95. The number of hydrogen-bond donors (Lipinski definition) is 1. The molecule has 1 saturated heterocycles. The maximum Gasteiger partial charge on any atom is 0.206 e. The van der Waals surface area contributed by atoms with Crippen LogP contribution in [0, 0.1) is 10.4 Å². The number of ether oxygens (including phenoxy) is 2. The lowest BCUT2D eigenvalue weighted by Gasteiger charge is -2.31. The molecule has 0 radical (unpaired) electrons. The Morgan fingerprint density at radius 1 is 1.00 bits per heavy atom. The van der Waals surface area contributed by atoms with Crippen LogP contribution in [-0.2, 0) is 4.74 Å². The van der Waals surface area contributed by atoms with Crippen molar-refractivity contribution >= 4 is 0 Å². The largest absolute Gasteiger partial charge is 0.463 e. The third-order valence-electron chi connectivity index (χ3n) is 4.29. The minimum atomic E-state index is -1.13. The minimum Gasteiger partial charge on any atom is -0.463 e. The van der Waals surface area contributed by atoms with E-state index in [4.69, 9.17) is 9.47 Å². The van der Waals surface area contributed by atoms with E-state index in [2.05, 4.69) is 29.2 Å². The van der Waals surface area contributed by atoms with Crippen molar-refractivity contribution in [2.75, 3.05) is 32.8 Å². The first kappa shape index (κ1) is 17.0. The lowest BCUT2D eigenvalue weighted by Crippen LogP contribution is -2.41. The monoisotopic (exact) mass is 327 g/mol. The van der Waals surface area contributed by atoms with E-state index >= 15 is 0 Å². The Morgan fingerprint density at radius 3 is 2.08 bits per heavy atom. The minimum absolute atomic E-state index is 0.585. The maximum absolute atomic E-state index is 10.2. The van der Waals surface area contributed by atoms with E-state index in [1.165, 1.54) is 10.4 Å². The third kappa shape index (κ3) is 4.81. The van der Waals surface area contributed by atoms with Gasteiger partial charge in [-0.3, -0.25) is 4.90 Å². The van der Waals surface area contributed by atoms with Gasteiger partial charge in [-0.05, 0) is 22.6 Å². The SMILES string of the molecule is CC(O)(CCN1CCOCC1)Oc1ccccc1.c1cc2ccc1=2. The zero-order valence-electron chi connectivity index (χ0n) is 14.1.